The van der Waals surface area contributed by atoms with E-state index in [9.17, 15) is 4.79 Å². The highest BCUT2D eigenvalue weighted by Gasteiger charge is 2.14. The van der Waals surface area contributed by atoms with Crippen molar-refractivity contribution in [2.75, 3.05) is 5.75 Å². The van der Waals surface area contributed by atoms with Gasteiger partial charge in [-0.05, 0) is 37.5 Å². The van der Waals surface area contributed by atoms with E-state index in [4.69, 9.17) is 0 Å². The number of carbonyl (C=O) groups is 1. The third kappa shape index (κ3) is 4.77. The minimum atomic E-state index is -0.0302. The molecule has 1 atom stereocenters. The summed E-state index contributed by atoms with van der Waals surface area (Å²) < 4.78 is 1.94. The molecule has 2 aromatic carbocycles. The first-order chi connectivity index (χ1) is 13.1. The monoisotopic (exact) mass is 380 g/mol. The predicted molar refractivity (Wildman–Crippen MR) is 109 cm³/mol. The van der Waals surface area contributed by atoms with Crippen molar-refractivity contribution >= 4 is 17.7 Å². The van der Waals surface area contributed by atoms with Gasteiger partial charge in [-0.2, -0.15) is 0 Å². The van der Waals surface area contributed by atoms with Gasteiger partial charge in [-0.3, -0.25) is 9.36 Å². The molecule has 0 spiro atoms. The summed E-state index contributed by atoms with van der Waals surface area (Å²) in [6.07, 6.45) is 2.62. The lowest BCUT2D eigenvalue weighted by atomic mass is 10.1. The molecule has 27 heavy (non-hydrogen) atoms. The molecule has 0 radical (unpaired) electrons. The van der Waals surface area contributed by atoms with Gasteiger partial charge in [0.25, 0.3) is 0 Å². The van der Waals surface area contributed by atoms with Crippen molar-refractivity contribution in [2.45, 2.75) is 38.4 Å². The standard InChI is InChI=1S/C21H24N4OS/c1-4-17-7-5-6-8-19(17)25-14-22-24-21(25)27-13-20(26)23-16(3)18-11-9-15(2)10-12-18/h5-12,14,16H,4,13H2,1-3H3,(H,23,26). The van der Waals surface area contributed by atoms with Crippen LogP contribution in [0.3, 0.4) is 0 Å². The number of amides is 1. The Morgan fingerprint density at radius 1 is 1.19 bits per heavy atom. The number of nitrogens with zero attached hydrogens (tertiary/aromatic N) is 3. The van der Waals surface area contributed by atoms with Crippen LogP contribution in [0.5, 0.6) is 0 Å². The number of carbonyl (C=O) groups excluding carboxylic acids is 1. The van der Waals surface area contributed by atoms with Gasteiger partial charge in [0.15, 0.2) is 5.16 Å². The summed E-state index contributed by atoms with van der Waals surface area (Å²) in [4.78, 5) is 12.4. The molecule has 0 aliphatic carbocycles. The molecule has 6 heteroatoms. The van der Waals surface area contributed by atoms with Crippen LogP contribution in [0.2, 0.25) is 0 Å². The van der Waals surface area contributed by atoms with Crippen LogP contribution >= 0.6 is 11.8 Å². The summed E-state index contributed by atoms with van der Waals surface area (Å²) in [5.41, 5.74) is 4.58. The highest BCUT2D eigenvalue weighted by Crippen LogP contribution is 2.22. The van der Waals surface area contributed by atoms with Crippen molar-refractivity contribution in [1.29, 1.82) is 0 Å². The first-order valence-electron chi connectivity index (χ1n) is 9.05. The molecule has 140 valence electrons. The van der Waals surface area contributed by atoms with Gasteiger partial charge in [0.05, 0.1) is 17.5 Å². The van der Waals surface area contributed by atoms with E-state index in [1.165, 1.54) is 22.9 Å². The molecule has 1 aromatic heterocycles. The molecule has 3 rings (SSSR count). The van der Waals surface area contributed by atoms with Crippen LogP contribution in [-0.2, 0) is 11.2 Å². The molecule has 1 amide bonds. The van der Waals surface area contributed by atoms with Crippen molar-refractivity contribution in [1.82, 2.24) is 20.1 Å². The fourth-order valence-electron chi connectivity index (χ4n) is 2.88. The normalized spacial score (nSPS) is 12.0. The van der Waals surface area contributed by atoms with Crippen LogP contribution in [0.1, 0.15) is 36.6 Å². The van der Waals surface area contributed by atoms with Gasteiger partial charge in [0.1, 0.15) is 6.33 Å². The van der Waals surface area contributed by atoms with Gasteiger partial charge >= 0.3 is 0 Å². The molecular formula is C21H24N4OS. The van der Waals surface area contributed by atoms with Gasteiger partial charge in [-0.1, -0.05) is 66.7 Å². The molecule has 3 aromatic rings. The fraction of sp³-hybridized carbons (Fsp3) is 0.286. The highest BCUT2D eigenvalue weighted by atomic mass is 32.2. The van der Waals surface area contributed by atoms with E-state index in [0.717, 1.165) is 17.7 Å². The van der Waals surface area contributed by atoms with Gasteiger partial charge in [0.2, 0.25) is 5.91 Å². The third-order valence-electron chi connectivity index (χ3n) is 4.44. The van der Waals surface area contributed by atoms with Gasteiger partial charge in [0, 0.05) is 0 Å². The number of aromatic nitrogens is 3. The summed E-state index contributed by atoms with van der Waals surface area (Å²) in [5.74, 6) is 0.273. The molecule has 1 N–H and O–H groups in total. The quantitative estimate of drug-likeness (QED) is 0.627. The van der Waals surface area contributed by atoms with Crippen LogP contribution < -0.4 is 5.32 Å². The smallest absolute Gasteiger partial charge is 0.230 e. The lowest BCUT2D eigenvalue weighted by molar-refractivity contribution is -0.119. The van der Waals surface area contributed by atoms with E-state index in [1.54, 1.807) is 6.33 Å². The fourth-order valence-corrected chi connectivity index (χ4v) is 3.62. The van der Waals surface area contributed by atoms with Crippen LogP contribution in [-0.4, -0.2) is 26.4 Å². The average molecular weight is 381 g/mol. The lowest BCUT2D eigenvalue weighted by Gasteiger charge is -2.15. The molecule has 1 heterocycles. The van der Waals surface area contributed by atoms with Gasteiger partial charge < -0.3 is 5.32 Å². The zero-order valence-electron chi connectivity index (χ0n) is 15.8. The Morgan fingerprint density at radius 2 is 1.93 bits per heavy atom. The zero-order valence-corrected chi connectivity index (χ0v) is 16.7. The molecule has 0 saturated heterocycles. The molecular weight excluding hydrogens is 356 g/mol. The summed E-state index contributed by atoms with van der Waals surface area (Å²) in [6.45, 7) is 6.17. The minimum absolute atomic E-state index is 0.0219. The maximum atomic E-state index is 12.4. The molecule has 1 unspecified atom stereocenters. The highest BCUT2D eigenvalue weighted by molar-refractivity contribution is 7.99. The maximum Gasteiger partial charge on any atom is 0.230 e. The van der Waals surface area contributed by atoms with E-state index in [0.29, 0.717) is 10.9 Å². The molecule has 0 aliphatic rings. The summed E-state index contributed by atoms with van der Waals surface area (Å²) >= 11 is 1.39. The van der Waals surface area contributed by atoms with Gasteiger partial charge in [-0.25, -0.2) is 0 Å². The summed E-state index contributed by atoms with van der Waals surface area (Å²) in [5, 5.41) is 12.0. The van der Waals surface area contributed by atoms with Crippen LogP contribution in [0.15, 0.2) is 60.0 Å². The third-order valence-corrected chi connectivity index (χ3v) is 5.38. The Balaban J connectivity index is 1.63. The number of hydrogen-bond acceptors (Lipinski definition) is 4. The van der Waals surface area contributed by atoms with Crippen molar-refractivity contribution in [2.24, 2.45) is 0 Å². The number of para-hydroxylation sites is 1. The van der Waals surface area contributed by atoms with E-state index in [-0.39, 0.29) is 11.9 Å². The van der Waals surface area contributed by atoms with Crippen LogP contribution in [0.4, 0.5) is 0 Å². The van der Waals surface area contributed by atoms with Gasteiger partial charge in [-0.15, -0.1) is 10.2 Å². The Kier molecular flexibility index (Phi) is 6.29. The largest absolute Gasteiger partial charge is 0.349 e. The van der Waals surface area contributed by atoms with Crippen molar-refractivity contribution in [3.63, 3.8) is 0 Å². The Bertz CT molecular complexity index is 905. The first kappa shape index (κ1) is 19.2. The van der Waals surface area contributed by atoms with E-state index in [1.807, 2.05) is 41.8 Å². The topological polar surface area (TPSA) is 59.8 Å². The number of benzene rings is 2. The second-order valence-corrected chi connectivity index (χ2v) is 7.40. The minimum Gasteiger partial charge on any atom is -0.349 e. The molecule has 5 nitrogen and oxygen atoms in total. The van der Waals surface area contributed by atoms with Crippen molar-refractivity contribution < 1.29 is 4.79 Å². The molecule has 0 aliphatic heterocycles. The first-order valence-corrected chi connectivity index (χ1v) is 10.0. The summed E-state index contributed by atoms with van der Waals surface area (Å²) in [7, 11) is 0. The van der Waals surface area contributed by atoms with Crippen LogP contribution in [0.25, 0.3) is 5.69 Å². The predicted octanol–water partition coefficient (Wildman–Crippen LogP) is 4.11. The van der Waals surface area contributed by atoms with E-state index in [2.05, 4.69) is 47.6 Å². The maximum absolute atomic E-state index is 12.4. The lowest BCUT2D eigenvalue weighted by Crippen LogP contribution is -2.28. The number of hydrogen-bond donors (Lipinski definition) is 1. The van der Waals surface area contributed by atoms with Crippen LogP contribution in [0, 0.1) is 6.92 Å². The Morgan fingerprint density at radius 3 is 2.67 bits per heavy atom. The van der Waals surface area contributed by atoms with Crippen molar-refractivity contribution in [3.05, 3.63) is 71.5 Å². The van der Waals surface area contributed by atoms with Crippen molar-refractivity contribution in [3.8, 4) is 5.69 Å². The summed E-state index contributed by atoms with van der Waals surface area (Å²) in [6, 6.07) is 16.3. The Labute approximate surface area is 164 Å². The molecule has 0 fully saturated rings. The second-order valence-electron chi connectivity index (χ2n) is 6.45. The number of aryl methyl sites for hydroxylation is 2. The molecule has 0 saturated carbocycles. The molecule has 0 bridgehead atoms. The number of thioether (sulfide) groups is 1. The zero-order chi connectivity index (χ0) is 19.2. The number of nitrogens with one attached hydrogen (secondary N) is 1. The Hall–Kier alpha value is -2.60. The SMILES string of the molecule is CCc1ccccc1-n1cnnc1SCC(=O)NC(C)c1ccc(C)cc1. The number of rotatable bonds is 7. The average Bonchev–Trinajstić information content (AvgIpc) is 3.15. The van der Waals surface area contributed by atoms with E-state index >= 15 is 0 Å². The van der Waals surface area contributed by atoms with E-state index < -0.39 is 0 Å². The second kappa shape index (κ2) is 8.86.